The van der Waals surface area contributed by atoms with Gasteiger partial charge >= 0.3 is 0 Å². The Labute approximate surface area is 103 Å². The maximum absolute atomic E-state index is 5.38. The monoisotopic (exact) mass is 241 g/mol. The number of ether oxygens (including phenoxy) is 1. The van der Waals surface area contributed by atoms with E-state index in [0.29, 0.717) is 6.04 Å². The molecule has 0 saturated carbocycles. The van der Waals surface area contributed by atoms with Crippen LogP contribution >= 0.6 is 11.3 Å². The van der Waals surface area contributed by atoms with Crippen molar-refractivity contribution in [1.29, 1.82) is 0 Å². The van der Waals surface area contributed by atoms with Crippen molar-refractivity contribution in [3.05, 3.63) is 21.9 Å². The van der Waals surface area contributed by atoms with Gasteiger partial charge in [-0.3, -0.25) is 0 Å². The minimum atomic E-state index is 0.497. The van der Waals surface area contributed by atoms with Crippen LogP contribution in [-0.2, 0) is 4.74 Å². The topological polar surface area (TPSA) is 21.3 Å². The van der Waals surface area contributed by atoms with Gasteiger partial charge in [0.1, 0.15) is 0 Å². The Bertz CT molecular complexity index is 285. The molecule has 92 valence electrons. The third kappa shape index (κ3) is 4.24. The average molecular weight is 241 g/mol. The second-order valence-electron chi connectivity index (χ2n) is 3.88. The van der Waals surface area contributed by atoms with Crippen LogP contribution in [0.15, 0.2) is 11.4 Å². The molecule has 0 aliphatic rings. The Hall–Kier alpha value is -0.380. The predicted octanol–water partition coefficient (Wildman–Crippen LogP) is 3.52. The summed E-state index contributed by atoms with van der Waals surface area (Å²) in [7, 11) is 0. The lowest BCUT2D eigenvalue weighted by Crippen LogP contribution is -2.21. The Morgan fingerprint density at radius 1 is 1.44 bits per heavy atom. The number of hydrogen-bond donors (Lipinski definition) is 1. The molecule has 3 heteroatoms. The van der Waals surface area contributed by atoms with Crippen LogP contribution in [0.2, 0.25) is 0 Å². The first-order chi connectivity index (χ1) is 7.79. The number of hydrogen-bond acceptors (Lipinski definition) is 3. The zero-order valence-corrected chi connectivity index (χ0v) is 11.4. The summed E-state index contributed by atoms with van der Waals surface area (Å²) in [6.45, 7) is 9.13. The summed E-state index contributed by atoms with van der Waals surface area (Å²) in [5, 5.41) is 5.73. The molecule has 1 aromatic rings. The average Bonchev–Trinajstić information content (AvgIpc) is 2.69. The van der Waals surface area contributed by atoms with E-state index in [0.717, 1.165) is 32.6 Å². The molecule has 0 saturated heterocycles. The van der Waals surface area contributed by atoms with Crippen molar-refractivity contribution in [2.45, 2.75) is 39.7 Å². The Morgan fingerprint density at radius 3 is 2.81 bits per heavy atom. The molecule has 0 spiro atoms. The van der Waals surface area contributed by atoms with Crippen LogP contribution in [0.5, 0.6) is 0 Å². The number of rotatable bonds is 8. The van der Waals surface area contributed by atoms with Crippen molar-refractivity contribution in [3.63, 3.8) is 0 Å². The van der Waals surface area contributed by atoms with E-state index in [4.69, 9.17) is 4.74 Å². The summed E-state index contributed by atoms with van der Waals surface area (Å²) in [5.74, 6) is 0. The maximum Gasteiger partial charge on any atom is 0.0466 e. The van der Waals surface area contributed by atoms with Gasteiger partial charge in [0.15, 0.2) is 0 Å². The molecule has 16 heavy (non-hydrogen) atoms. The van der Waals surface area contributed by atoms with E-state index in [1.54, 1.807) is 0 Å². The zero-order chi connectivity index (χ0) is 11.8. The van der Waals surface area contributed by atoms with Gasteiger partial charge in [0, 0.05) is 24.1 Å². The third-order valence-corrected chi connectivity index (χ3v) is 3.57. The van der Waals surface area contributed by atoms with Gasteiger partial charge in [-0.2, -0.15) is 0 Å². The third-order valence-electron chi connectivity index (χ3n) is 2.71. The first-order valence-electron chi connectivity index (χ1n) is 6.14. The van der Waals surface area contributed by atoms with Crippen LogP contribution in [0.3, 0.4) is 0 Å². The lowest BCUT2D eigenvalue weighted by Gasteiger charge is -2.18. The van der Waals surface area contributed by atoms with Gasteiger partial charge < -0.3 is 10.1 Å². The summed E-state index contributed by atoms with van der Waals surface area (Å²) in [4.78, 5) is 1.43. The highest BCUT2D eigenvalue weighted by molar-refractivity contribution is 7.10. The maximum atomic E-state index is 5.38. The summed E-state index contributed by atoms with van der Waals surface area (Å²) < 4.78 is 5.38. The lowest BCUT2D eigenvalue weighted by atomic mass is 10.0. The second-order valence-corrected chi connectivity index (χ2v) is 5.00. The van der Waals surface area contributed by atoms with E-state index in [9.17, 15) is 0 Å². The van der Waals surface area contributed by atoms with Crippen LogP contribution in [0.25, 0.3) is 0 Å². The van der Waals surface area contributed by atoms with E-state index in [2.05, 4.69) is 30.6 Å². The Balaban J connectivity index is 2.45. The molecule has 1 N–H and O–H groups in total. The quantitative estimate of drug-likeness (QED) is 0.703. The van der Waals surface area contributed by atoms with Crippen molar-refractivity contribution >= 4 is 11.3 Å². The molecule has 0 aliphatic carbocycles. The highest BCUT2D eigenvalue weighted by Gasteiger charge is 2.12. The fraction of sp³-hybridized carbons (Fsp3) is 0.692. The van der Waals surface area contributed by atoms with E-state index in [-0.39, 0.29) is 0 Å². The molecule has 1 atom stereocenters. The molecule has 0 radical (unpaired) electrons. The van der Waals surface area contributed by atoms with Gasteiger partial charge in [0.05, 0.1) is 0 Å². The molecule has 1 rings (SSSR count). The van der Waals surface area contributed by atoms with Crippen LogP contribution in [-0.4, -0.2) is 19.8 Å². The zero-order valence-electron chi connectivity index (χ0n) is 10.6. The van der Waals surface area contributed by atoms with Crippen LogP contribution in [0.4, 0.5) is 0 Å². The van der Waals surface area contributed by atoms with Crippen LogP contribution in [0.1, 0.15) is 43.2 Å². The van der Waals surface area contributed by atoms with Gasteiger partial charge in [-0.1, -0.05) is 6.92 Å². The van der Waals surface area contributed by atoms with Gasteiger partial charge in [-0.25, -0.2) is 0 Å². The van der Waals surface area contributed by atoms with E-state index in [1.165, 1.54) is 10.4 Å². The molecular formula is C13H23NOS. The number of thiophene rings is 1. The molecule has 1 unspecified atom stereocenters. The lowest BCUT2D eigenvalue weighted by molar-refractivity contribution is 0.141. The van der Waals surface area contributed by atoms with Gasteiger partial charge in [-0.15, -0.1) is 11.3 Å². The Morgan fingerprint density at radius 2 is 2.25 bits per heavy atom. The van der Waals surface area contributed by atoms with Gasteiger partial charge in [0.25, 0.3) is 0 Å². The molecule has 0 aliphatic heterocycles. The molecule has 0 bridgehead atoms. The molecule has 0 fully saturated rings. The standard InChI is InChI=1S/C13H23NOS/c1-4-14-13(7-6-9-15-5-2)12-8-10-16-11(12)3/h8,10,13-14H,4-7,9H2,1-3H3. The summed E-state index contributed by atoms with van der Waals surface area (Å²) in [6, 6.07) is 2.74. The second kappa shape index (κ2) is 7.82. The van der Waals surface area contributed by atoms with E-state index < -0.39 is 0 Å². The number of nitrogens with one attached hydrogen (secondary N) is 1. The molecule has 0 amide bonds. The smallest absolute Gasteiger partial charge is 0.0466 e. The van der Waals surface area contributed by atoms with Crippen LogP contribution in [0, 0.1) is 6.92 Å². The first-order valence-corrected chi connectivity index (χ1v) is 7.02. The molecule has 2 nitrogen and oxygen atoms in total. The summed E-state index contributed by atoms with van der Waals surface area (Å²) in [6.07, 6.45) is 2.28. The highest BCUT2D eigenvalue weighted by Crippen LogP contribution is 2.25. The Kier molecular flexibility index (Phi) is 6.69. The minimum absolute atomic E-state index is 0.497. The fourth-order valence-electron chi connectivity index (χ4n) is 1.90. The predicted molar refractivity (Wildman–Crippen MR) is 71.2 cm³/mol. The van der Waals surface area contributed by atoms with Crippen molar-refractivity contribution in [3.8, 4) is 0 Å². The van der Waals surface area contributed by atoms with E-state index in [1.807, 2.05) is 18.3 Å². The first kappa shape index (κ1) is 13.7. The largest absolute Gasteiger partial charge is 0.382 e. The normalized spacial score (nSPS) is 12.9. The van der Waals surface area contributed by atoms with Gasteiger partial charge in [0.2, 0.25) is 0 Å². The van der Waals surface area contributed by atoms with Crippen molar-refractivity contribution < 1.29 is 4.74 Å². The van der Waals surface area contributed by atoms with Crippen molar-refractivity contribution in [1.82, 2.24) is 5.32 Å². The van der Waals surface area contributed by atoms with Crippen LogP contribution < -0.4 is 5.32 Å². The van der Waals surface area contributed by atoms with E-state index >= 15 is 0 Å². The molecular weight excluding hydrogens is 218 g/mol. The number of aryl methyl sites for hydroxylation is 1. The molecule has 1 aromatic heterocycles. The SMILES string of the molecule is CCNC(CCCOCC)c1ccsc1C. The van der Waals surface area contributed by atoms with Crippen molar-refractivity contribution in [2.75, 3.05) is 19.8 Å². The summed E-state index contributed by atoms with van der Waals surface area (Å²) >= 11 is 1.83. The summed E-state index contributed by atoms with van der Waals surface area (Å²) in [5.41, 5.74) is 1.46. The fourth-order valence-corrected chi connectivity index (χ4v) is 2.67. The van der Waals surface area contributed by atoms with Crippen molar-refractivity contribution in [2.24, 2.45) is 0 Å². The van der Waals surface area contributed by atoms with Gasteiger partial charge in [-0.05, 0) is 50.2 Å². The highest BCUT2D eigenvalue weighted by atomic mass is 32.1. The minimum Gasteiger partial charge on any atom is -0.382 e. The molecule has 1 heterocycles. The molecule has 0 aromatic carbocycles.